The molecule has 130 valence electrons. The Morgan fingerprint density at radius 2 is 1.41 bits per heavy atom. The van der Waals surface area contributed by atoms with Crippen LogP contribution < -0.4 is 4.74 Å². The van der Waals surface area contributed by atoms with Gasteiger partial charge in [-0.15, -0.1) is 0 Å². The molecule has 5 rings (SSSR count). The van der Waals surface area contributed by atoms with E-state index in [0.717, 1.165) is 38.9 Å². The maximum absolute atomic E-state index is 14.4. The number of nitrogens with one attached hydrogen (secondary N) is 1. The summed E-state index contributed by atoms with van der Waals surface area (Å²) in [5, 5.41) is 2.01. The second-order valence-electron chi connectivity index (χ2n) is 6.46. The number of rotatable bonds is 3. The van der Waals surface area contributed by atoms with Gasteiger partial charge >= 0.3 is 0 Å². The smallest absolute Gasteiger partial charge is 0.131 e. The quantitative estimate of drug-likeness (QED) is 0.374. The fraction of sp³-hybridized carbons (Fsp3) is 0. The normalized spacial score (nSPS) is 11.1. The maximum Gasteiger partial charge on any atom is 0.131 e. The van der Waals surface area contributed by atoms with E-state index in [1.165, 1.54) is 6.07 Å². The SMILES string of the molecule is Fc1ccccc1-c1cccc2[nH]c3ccc(Oc4ccccc4)cc3c12. The number of aromatic amines is 1. The highest BCUT2D eigenvalue weighted by Crippen LogP contribution is 2.37. The summed E-state index contributed by atoms with van der Waals surface area (Å²) in [4.78, 5) is 3.42. The van der Waals surface area contributed by atoms with Crippen molar-refractivity contribution in [3.63, 3.8) is 0 Å². The molecule has 0 amide bonds. The highest BCUT2D eigenvalue weighted by Gasteiger charge is 2.13. The largest absolute Gasteiger partial charge is 0.457 e. The molecule has 0 aliphatic heterocycles. The number of hydrogen-bond acceptors (Lipinski definition) is 1. The van der Waals surface area contributed by atoms with Crippen molar-refractivity contribution in [2.24, 2.45) is 0 Å². The van der Waals surface area contributed by atoms with Gasteiger partial charge in [0.1, 0.15) is 17.3 Å². The van der Waals surface area contributed by atoms with Crippen LogP contribution in [0.15, 0.2) is 91.0 Å². The number of halogens is 1. The number of aromatic nitrogens is 1. The van der Waals surface area contributed by atoms with E-state index in [2.05, 4.69) is 4.98 Å². The number of H-pyrrole nitrogens is 1. The van der Waals surface area contributed by atoms with Gasteiger partial charge in [-0.25, -0.2) is 4.39 Å². The van der Waals surface area contributed by atoms with Crippen molar-refractivity contribution in [3.8, 4) is 22.6 Å². The van der Waals surface area contributed by atoms with Crippen LogP contribution in [-0.4, -0.2) is 4.98 Å². The van der Waals surface area contributed by atoms with E-state index in [0.29, 0.717) is 5.56 Å². The number of ether oxygens (including phenoxy) is 1. The molecular weight excluding hydrogens is 337 g/mol. The standard InChI is InChI=1S/C24H16FNO/c25-21-11-5-4-9-18(21)19-10-6-12-23-24(19)20-15-17(13-14-22(20)26-23)27-16-7-2-1-3-8-16/h1-15,26H. The summed E-state index contributed by atoms with van der Waals surface area (Å²) in [6.45, 7) is 0. The van der Waals surface area contributed by atoms with E-state index >= 15 is 0 Å². The van der Waals surface area contributed by atoms with Gasteiger partial charge in [-0.2, -0.15) is 0 Å². The van der Waals surface area contributed by atoms with Crippen molar-refractivity contribution in [3.05, 3.63) is 96.8 Å². The molecule has 3 heteroatoms. The van der Waals surface area contributed by atoms with Crippen molar-refractivity contribution < 1.29 is 9.13 Å². The molecule has 1 heterocycles. The van der Waals surface area contributed by atoms with Gasteiger partial charge in [-0.3, -0.25) is 0 Å². The minimum absolute atomic E-state index is 0.226. The van der Waals surface area contributed by atoms with Gasteiger partial charge in [0.2, 0.25) is 0 Å². The van der Waals surface area contributed by atoms with Crippen molar-refractivity contribution in [1.29, 1.82) is 0 Å². The lowest BCUT2D eigenvalue weighted by molar-refractivity contribution is 0.483. The van der Waals surface area contributed by atoms with Crippen molar-refractivity contribution in [2.75, 3.05) is 0 Å². The van der Waals surface area contributed by atoms with Gasteiger partial charge in [-0.05, 0) is 48.0 Å². The molecule has 0 aliphatic rings. The fourth-order valence-electron chi connectivity index (χ4n) is 3.52. The second-order valence-corrected chi connectivity index (χ2v) is 6.46. The molecule has 0 saturated carbocycles. The fourth-order valence-corrected chi connectivity index (χ4v) is 3.52. The lowest BCUT2D eigenvalue weighted by Gasteiger charge is -2.07. The predicted octanol–water partition coefficient (Wildman–Crippen LogP) is 6.92. The lowest BCUT2D eigenvalue weighted by Crippen LogP contribution is -1.85. The summed E-state index contributed by atoms with van der Waals surface area (Å²) >= 11 is 0. The topological polar surface area (TPSA) is 25.0 Å². The van der Waals surface area contributed by atoms with Crippen LogP contribution in [0.3, 0.4) is 0 Å². The van der Waals surface area contributed by atoms with Crippen LogP contribution in [-0.2, 0) is 0 Å². The Balaban J connectivity index is 1.72. The molecule has 0 fully saturated rings. The van der Waals surface area contributed by atoms with Crippen LogP contribution in [0.25, 0.3) is 32.9 Å². The monoisotopic (exact) mass is 353 g/mol. The highest BCUT2D eigenvalue weighted by atomic mass is 19.1. The summed E-state index contributed by atoms with van der Waals surface area (Å²) < 4.78 is 20.4. The molecule has 5 aromatic rings. The minimum Gasteiger partial charge on any atom is -0.457 e. The molecule has 1 N–H and O–H groups in total. The van der Waals surface area contributed by atoms with Crippen molar-refractivity contribution >= 4 is 21.8 Å². The molecule has 0 atom stereocenters. The first-order valence-electron chi connectivity index (χ1n) is 8.82. The molecule has 0 saturated heterocycles. The van der Waals surface area contributed by atoms with E-state index in [9.17, 15) is 4.39 Å². The Bertz CT molecular complexity index is 1260. The molecule has 0 spiro atoms. The van der Waals surface area contributed by atoms with Crippen LogP contribution in [0.1, 0.15) is 0 Å². The molecule has 0 radical (unpaired) electrons. The molecular formula is C24H16FNO. The Hall–Kier alpha value is -3.59. The van der Waals surface area contributed by atoms with Crippen molar-refractivity contribution in [1.82, 2.24) is 4.98 Å². The number of para-hydroxylation sites is 1. The summed E-state index contributed by atoms with van der Waals surface area (Å²) in [7, 11) is 0. The van der Waals surface area contributed by atoms with Gasteiger partial charge in [0, 0.05) is 27.4 Å². The molecule has 27 heavy (non-hydrogen) atoms. The van der Waals surface area contributed by atoms with E-state index in [-0.39, 0.29) is 5.82 Å². The van der Waals surface area contributed by atoms with Crippen LogP contribution >= 0.6 is 0 Å². The molecule has 1 aromatic heterocycles. The van der Waals surface area contributed by atoms with Crippen LogP contribution in [0.2, 0.25) is 0 Å². The summed E-state index contributed by atoms with van der Waals surface area (Å²) in [6, 6.07) is 28.4. The molecule has 0 unspecified atom stereocenters. The number of hydrogen-bond donors (Lipinski definition) is 1. The van der Waals surface area contributed by atoms with Crippen molar-refractivity contribution in [2.45, 2.75) is 0 Å². The van der Waals surface area contributed by atoms with Crippen LogP contribution in [0.4, 0.5) is 4.39 Å². The first-order valence-corrected chi connectivity index (χ1v) is 8.82. The average Bonchev–Trinajstić information content (AvgIpc) is 3.07. The third-order valence-electron chi connectivity index (χ3n) is 4.74. The summed E-state index contributed by atoms with van der Waals surface area (Å²) in [5.41, 5.74) is 3.43. The van der Waals surface area contributed by atoms with Crippen LogP contribution in [0.5, 0.6) is 11.5 Å². The van der Waals surface area contributed by atoms with Gasteiger partial charge in [-0.1, -0.05) is 48.5 Å². The van der Waals surface area contributed by atoms with E-state index in [1.807, 2.05) is 78.9 Å². The first kappa shape index (κ1) is 15.6. The molecule has 4 aromatic carbocycles. The highest BCUT2D eigenvalue weighted by molar-refractivity contribution is 6.14. The summed E-state index contributed by atoms with van der Waals surface area (Å²) in [5.74, 6) is 1.31. The zero-order valence-corrected chi connectivity index (χ0v) is 14.4. The number of benzene rings is 4. The van der Waals surface area contributed by atoms with E-state index < -0.39 is 0 Å². The Kier molecular flexibility index (Phi) is 3.65. The van der Waals surface area contributed by atoms with Gasteiger partial charge < -0.3 is 9.72 Å². The Morgan fingerprint density at radius 3 is 2.26 bits per heavy atom. The van der Waals surface area contributed by atoms with Gasteiger partial charge in [0.15, 0.2) is 0 Å². The molecule has 0 aliphatic carbocycles. The Labute approximate surface area is 155 Å². The zero-order chi connectivity index (χ0) is 18.2. The number of fused-ring (bicyclic) bond motifs is 3. The first-order chi connectivity index (χ1) is 13.3. The Morgan fingerprint density at radius 1 is 0.630 bits per heavy atom. The summed E-state index contributed by atoms with van der Waals surface area (Å²) in [6.07, 6.45) is 0. The maximum atomic E-state index is 14.4. The molecule has 0 bridgehead atoms. The molecule has 2 nitrogen and oxygen atoms in total. The second kappa shape index (κ2) is 6.29. The predicted molar refractivity (Wildman–Crippen MR) is 108 cm³/mol. The van der Waals surface area contributed by atoms with E-state index in [1.54, 1.807) is 6.07 Å². The third-order valence-corrected chi connectivity index (χ3v) is 4.74. The third kappa shape index (κ3) is 2.74. The van der Waals surface area contributed by atoms with Gasteiger partial charge in [0.05, 0.1) is 0 Å². The lowest BCUT2D eigenvalue weighted by atomic mass is 9.99. The average molecular weight is 353 g/mol. The van der Waals surface area contributed by atoms with Gasteiger partial charge in [0.25, 0.3) is 0 Å². The minimum atomic E-state index is -0.226. The van der Waals surface area contributed by atoms with E-state index in [4.69, 9.17) is 4.74 Å². The van der Waals surface area contributed by atoms with Crippen LogP contribution in [0, 0.1) is 5.82 Å². The zero-order valence-electron chi connectivity index (χ0n) is 14.4.